The Morgan fingerprint density at radius 2 is 1.50 bits per heavy atom. The fourth-order valence-corrected chi connectivity index (χ4v) is 7.70. The lowest BCUT2D eigenvalue weighted by molar-refractivity contribution is 0.427. The van der Waals surface area contributed by atoms with Crippen molar-refractivity contribution in [1.29, 1.82) is 0 Å². The van der Waals surface area contributed by atoms with Crippen molar-refractivity contribution >= 4 is 20.0 Å². The zero-order valence-corrected chi connectivity index (χ0v) is 16.3. The molecule has 3 atom stereocenters. The summed E-state index contributed by atoms with van der Waals surface area (Å²) in [6.07, 6.45) is 3.59. The third kappa shape index (κ3) is 2.99. The van der Waals surface area contributed by atoms with Crippen LogP contribution in [0.5, 0.6) is 0 Å². The summed E-state index contributed by atoms with van der Waals surface area (Å²) in [6.45, 7) is 1.89. The quantitative estimate of drug-likeness (QED) is 0.808. The van der Waals surface area contributed by atoms with Gasteiger partial charge in [0.1, 0.15) is 0 Å². The summed E-state index contributed by atoms with van der Waals surface area (Å²) in [6, 6.07) is 5.82. The molecule has 7 nitrogen and oxygen atoms in total. The number of sulfonamides is 2. The van der Waals surface area contributed by atoms with E-state index >= 15 is 0 Å². The second kappa shape index (κ2) is 6.56. The molecule has 2 aliphatic heterocycles. The number of fused-ring (bicyclic) bond motifs is 1. The van der Waals surface area contributed by atoms with Gasteiger partial charge in [-0.1, -0.05) is 6.07 Å². The lowest BCUT2D eigenvalue weighted by Gasteiger charge is -2.20. The largest absolute Gasteiger partial charge is 0.327 e. The van der Waals surface area contributed by atoms with Crippen LogP contribution in [0.15, 0.2) is 34.1 Å². The topological polar surface area (TPSA) is 101 Å². The summed E-state index contributed by atoms with van der Waals surface area (Å²) < 4.78 is 54.5. The zero-order valence-electron chi connectivity index (χ0n) is 14.6. The van der Waals surface area contributed by atoms with Crippen molar-refractivity contribution in [1.82, 2.24) is 8.61 Å². The first-order chi connectivity index (χ1) is 12.3. The molecule has 3 fully saturated rings. The third-order valence-electron chi connectivity index (χ3n) is 6.02. The minimum Gasteiger partial charge on any atom is -0.327 e. The number of rotatable bonds is 4. The number of nitrogens with zero attached hydrogens (tertiary/aromatic N) is 2. The Balaban J connectivity index is 1.62. The molecule has 9 heteroatoms. The molecule has 0 aromatic heterocycles. The first kappa shape index (κ1) is 18.4. The molecular weight excluding hydrogens is 374 g/mol. The Morgan fingerprint density at radius 1 is 0.885 bits per heavy atom. The van der Waals surface area contributed by atoms with Gasteiger partial charge in [-0.15, -0.1) is 0 Å². The van der Waals surface area contributed by atoms with E-state index < -0.39 is 20.0 Å². The second-order valence-corrected chi connectivity index (χ2v) is 11.4. The smallest absolute Gasteiger partial charge is 0.243 e. The molecule has 3 unspecified atom stereocenters. The molecule has 0 amide bonds. The predicted molar refractivity (Wildman–Crippen MR) is 97.4 cm³/mol. The fraction of sp³-hybridized carbons (Fsp3) is 0.647. The summed E-state index contributed by atoms with van der Waals surface area (Å²) >= 11 is 0. The van der Waals surface area contributed by atoms with Gasteiger partial charge in [0.25, 0.3) is 0 Å². The molecular formula is C17H25N3O4S2. The van der Waals surface area contributed by atoms with E-state index in [1.54, 1.807) is 0 Å². The van der Waals surface area contributed by atoms with Gasteiger partial charge in [0, 0.05) is 32.2 Å². The van der Waals surface area contributed by atoms with Crippen molar-refractivity contribution in [3.63, 3.8) is 0 Å². The zero-order chi connectivity index (χ0) is 18.5. The Hall–Kier alpha value is -1.00. The van der Waals surface area contributed by atoms with Gasteiger partial charge in [0.15, 0.2) is 0 Å². The molecule has 1 aliphatic carbocycles. The van der Waals surface area contributed by atoms with E-state index in [0.717, 1.165) is 25.7 Å². The van der Waals surface area contributed by atoms with Crippen molar-refractivity contribution in [3.05, 3.63) is 24.3 Å². The van der Waals surface area contributed by atoms with Crippen LogP contribution in [0.4, 0.5) is 0 Å². The molecule has 4 rings (SSSR count). The lowest BCUT2D eigenvalue weighted by atomic mass is 9.98. The maximum absolute atomic E-state index is 13.0. The van der Waals surface area contributed by atoms with Crippen LogP contribution in [-0.2, 0) is 20.0 Å². The molecule has 0 radical (unpaired) electrons. The minimum atomic E-state index is -3.72. The van der Waals surface area contributed by atoms with E-state index in [0.29, 0.717) is 32.1 Å². The summed E-state index contributed by atoms with van der Waals surface area (Å²) in [5.74, 6) is 0.526. The average molecular weight is 400 g/mol. The Morgan fingerprint density at radius 3 is 2.12 bits per heavy atom. The Labute approximate surface area is 155 Å². The number of nitrogens with two attached hydrogens (primary N) is 1. The molecule has 1 saturated carbocycles. The van der Waals surface area contributed by atoms with Gasteiger partial charge in [0.05, 0.1) is 9.79 Å². The summed E-state index contributed by atoms with van der Waals surface area (Å²) in [5.41, 5.74) is 6.11. The summed E-state index contributed by atoms with van der Waals surface area (Å²) in [7, 11) is -7.35. The number of hydrogen-bond donors (Lipinski definition) is 1. The van der Waals surface area contributed by atoms with E-state index in [-0.39, 0.29) is 21.8 Å². The van der Waals surface area contributed by atoms with Crippen molar-refractivity contribution in [3.8, 4) is 0 Å². The maximum Gasteiger partial charge on any atom is 0.243 e. The first-order valence-corrected chi connectivity index (χ1v) is 12.0. The van der Waals surface area contributed by atoms with Crippen LogP contribution in [-0.4, -0.2) is 57.7 Å². The van der Waals surface area contributed by atoms with E-state index in [9.17, 15) is 16.8 Å². The highest BCUT2D eigenvalue weighted by Gasteiger charge is 2.45. The van der Waals surface area contributed by atoms with Gasteiger partial charge in [-0.2, -0.15) is 8.61 Å². The van der Waals surface area contributed by atoms with Crippen molar-refractivity contribution < 1.29 is 16.8 Å². The van der Waals surface area contributed by atoms with E-state index in [1.165, 1.54) is 32.9 Å². The van der Waals surface area contributed by atoms with E-state index in [4.69, 9.17) is 5.73 Å². The monoisotopic (exact) mass is 399 g/mol. The Kier molecular flexibility index (Phi) is 4.63. The van der Waals surface area contributed by atoms with Gasteiger partial charge < -0.3 is 5.73 Å². The highest BCUT2D eigenvalue weighted by atomic mass is 32.2. The van der Waals surface area contributed by atoms with Crippen LogP contribution in [0.3, 0.4) is 0 Å². The van der Waals surface area contributed by atoms with Crippen LogP contribution in [0.25, 0.3) is 0 Å². The standard InChI is InChI=1S/C17H25N3O4S2/c18-17-7-6-13-11-20(12-16(13)17)26(23,24)15-5-3-4-14(10-15)25(21,22)19-8-1-2-9-19/h3-5,10,13,16-17H,1-2,6-9,11-12,18H2. The van der Waals surface area contributed by atoms with Gasteiger partial charge in [-0.25, -0.2) is 16.8 Å². The molecule has 2 N–H and O–H groups in total. The van der Waals surface area contributed by atoms with Crippen LogP contribution in [0, 0.1) is 11.8 Å². The van der Waals surface area contributed by atoms with Crippen molar-refractivity contribution in [2.24, 2.45) is 17.6 Å². The summed E-state index contributed by atoms with van der Waals surface area (Å²) in [4.78, 5) is 0.0999. The molecule has 1 aromatic rings. The van der Waals surface area contributed by atoms with Crippen LogP contribution < -0.4 is 5.73 Å². The number of hydrogen-bond acceptors (Lipinski definition) is 5. The Bertz CT molecular complexity index is 894. The SMILES string of the molecule is NC1CCC2CN(S(=O)(=O)c3cccc(S(=O)(=O)N4CCCC4)c3)CC12. The van der Waals surface area contributed by atoms with E-state index in [2.05, 4.69) is 0 Å². The third-order valence-corrected chi connectivity index (χ3v) is 9.75. The maximum atomic E-state index is 13.0. The molecule has 3 aliphatic rings. The minimum absolute atomic E-state index is 0.0475. The molecule has 1 aromatic carbocycles. The number of benzene rings is 1. The predicted octanol–water partition coefficient (Wildman–Crippen LogP) is 0.829. The molecule has 2 heterocycles. The van der Waals surface area contributed by atoms with Crippen molar-refractivity contribution in [2.45, 2.75) is 41.5 Å². The van der Waals surface area contributed by atoms with Gasteiger partial charge in [-0.3, -0.25) is 0 Å². The van der Waals surface area contributed by atoms with Crippen LogP contribution in [0.1, 0.15) is 25.7 Å². The second-order valence-electron chi connectivity index (χ2n) is 7.57. The average Bonchev–Trinajstić information content (AvgIpc) is 3.34. The lowest BCUT2D eigenvalue weighted by Crippen LogP contribution is -2.33. The van der Waals surface area contributed by atoms with E-state index in [1.807, 2.05) is 0 Å². The van der Waals surface area contributed by atoms with Crippen LogP contribution in [0.2, 0.25) is 0 Å². The summed E-state index contributed by atoms with van der Waals surface area (Å²) in [5, 5.41) is 0. The first-order valence-electron chi connectivity index (χ1n) is 9.16. The normalized spacial score (nSPS) is 30.7. The molecule has 0 bridgehead atoms. The van der Waals surface area contributed by atoms with Gasteiger partial charge in [-0.05, 0) is 55.7 Å². The van der Waals surface area contributed by atoms with Gasteiger partial charge >= 0.3 is 0 Å². The fourth-order valence-electron chi connectivity index (χ4n) is 4.48. The molecule has 26 heavy (non-hydrogen) atoms. The highest BCUT2D eigenvalue weighted by Crippen LogP contribution is 2.39. The molecule has 0 spiro atoms. The van der Waals surface area contributed by atoms with Crippen LogP contribution >= 0.6 is 0 Å². The molecule has 144 valence electrons. The molecule has 2 saturated heterocycles. The van der Waals surface area contributed by atoms with Gasteiger partial charge in [0.2, 0.25) is 20.0 Å². The highest BCUT2D eigenvalue weighted by molar-refractivity contribution is 7.90. The van der Waals surface area contributed by atoms with Crippen molar-refractivity contribution in [2.75, 3.05) is 26.2 Å².